The summed E-state index contributed by atoms with van der Waals surface area (Å²) >= 11 is 0. The van der Waals surface area contributed by atoms with Crippen molar-refractivity contribution in [3.05, 3.63) is 65.2 Å². The van der Waals surface area contributed by atoms with E-state index in [9.17, 15) is 14.0 Å². The lowest BCUT2D eigenvalue weighted by Gasteiger charge is -2.06. The molecule has 0 saturated heterocycles. The number of pyridine rings is 1. The molecule has 5 nitrogen and oxygen atoms in total. The standard InChI is InChI=1S/C15H14FN3O2/c1-17-14(20)11-6-4-10(5-7-11)9-19-15(21)12-3-2-8-18-13(12)16/h2-8H,9H2,1H3,(H,17,20)(H,19,21). The summed E-state index contributed by atoms with van der Waals surface area (Å²) in [7, 11) is 1.55. The molecule has 2 N–H and O–H groups in total. The van der Waals surface area contributed by atoms with Gasteiger partial charge < -0.3 is 10.6 Å². The lowest BCUT2D eigenvalue weighted by molar-refractivity contribution is 0.0942. The fourth-order valence-corrected chi connectivity index (χ4v) is 1.75. The van der Waals surface area contributed by atoms with Gasteiger partial charge in [-0.05, 0) is 29.8 Å². The van der Waals surface area contributed by atoms with Gasteiger partial charge >= 0.3 is 0 Å². The Labute approximate surface area is 121 Å². The molecule has 2 aromatic rings. The van der Waals surface area contributed by atoms with Gasteiger partial charge in [-0.25, -0.2) is 4.98 Å². The molecule has 1 aromatic carbocycles. The number of hydrogen-bond acceptors (Lipinski definition) is 3. The number of nitrogens with zero attached hydrogens (tertiary/aromatic N) is 1. The number of halogens is 1. The average Bonchev–Trinajstić information content (AvgIpc) is 2.52. The second-order valence-corrected chi connectivity index (χ2v) is 4.30. The zero-order chi connectivity index (χ0) is 15.2. The Balaban J connectivity index is 1.99. The van der Waals surface area contributed by atoms with E-state index in [0.29, 0.717) is 5.56 Å². The van der Waals surface area contributed by atoms with Crippen molar-refractivity contribution in [2.24, 2.45) is 0 Å². The van der Waals surface area contributed by atoms with Gasteiger partial charge in [0.05, 0.1) is 5.56 Å². The van der Waals surface area contributed by atoms with Crippen molar-refractivity contribution in [1.29, 1.82) is 0 Å². The molecule has 2 amide bonds. The number of aromatic nitrogens is 1. The van der Waals surface area contributed by atoms with Gasteiger partial charge in [0.1, 0.15) is 0 Å². The van der Waals surface area contributed by atoms with E-state index in [1.807, 2.05) is 0 Å². The van der Waals surface area contributed by atoms with Crippen LogP contribution in [0.4, 0.5) is 4.39 Å². The topological polar surface area (TPSA) is 71.1 Å². The number of nitrogens with one attached hydrogen (secondary N) is 2. The molecular weight excluding hydrogens is 273 g/mol. The van der Waals surface area contributed by atoms with Crippen LogP contribution >= 0.6 is 0 Å². The zero-order valence-corrected chi connectivity index (χ0v) is 11.4. The van der Waals surface area contributed by atoms with E-state index in [0.717, 1.165) is 5.56 Å². The molecule has 1 aromatic heterocycles. The predicted molar refractivity (Wildman–Crippen MR) is 75.2 cm³/mol. The molecule has 108 valence electrons. The monoisotopic (exact) mass is 287 g/mol. The number of carbonyl (C=O) groups excluding carboxylic acids is 2. The number of rotatable bonds is 4. The van der Waals surface area contributed by atoms with Gasteiger partial charge in [-0.15, -0.1) is 0 Å². The van der Waals surface area contributed by atoms with Crippen LogP contribution < -0.4 is 10.6 Å². The highest BCUT2D eigenvalue weighted by molar-refractivity contribution is 5.94. The van der Waals surface area contributed by atoms with Gasteiger partial charge in [0.15, 0.2) is 0 Å². The Kier molecular flexibility index (Phi) is 4.61. The van der Waals surface area contributed by atoms with Crippen molar-refractivity contribution in [3.63, 3.8) is 0 Å². The molecule has 0 aliphatic carbocycles. The van der Waals surface area contributed by atoms with Gasteiger partial charge in [0.25, 0.3) is 11.8 Å². The van der Waals surface area contributed by atoms with Crippen LogP contribution in [0.15, 0.2) is 42.6 Å². The quantitative estimate of drug-likeness (QED) is 0.837. The lowest BCUT2D eigenvalue weighted by atomic mass is 10.1. The van der Waals surface area contributed by atoms with Crippen LogP contribution in [0.25, 0.3) is 0 Å². The van der Waals surface area contributed by atoms with Gasteiger partial charge in [-0.3, -0.25) is 9.59 Å². The third kappa shape index (κ3) is 3.62. The molecule has 0 atom stereocenters. The maximum absolute atomic E-state index is 13.3. The number of amides is 2. The van der Waals surface area contributed by atoms with Gasteiger partial charge in [0.2, 0.25) is 5.95 Å². The Hall–Kier alpha value is -2.76. The van der Waals surface area contributed by atoms with E-state index >= 15 is 0 Å². The lowest BCUT2D eigenvalue weighted by Crippen LogP contribution is -2.24. The van der Waals surface area contributed by atoms with Gasteiger partial charge in [-0.1, -0.05) is 12.1 Å². The molecule has 6 heteroatoms. The van der Waals surface area contributed by atoms with Crippen molar-refractivity contribution in [3.8, 4) is 0 Å². The molecule has 0 saturated carbocycles. The smallest absolute Gasteiger partial charge is 0.256 e. The minimum atomic E-state index is -0.801. The van der Waals surface area contributed by atoms with Crippen LogP contribution in [0.3, 0.4) is 0 Å². The Morgan fingerprint density at radius 2 is 1.86 bits per heavy atom. The van der Waals surface area contributed by atoms with Gasteiger partial charge in [-0.2, -0.15) is 4.39 Å². The number of carbonyl (C=O) groups is 2. The van der Waals surface area contributed by atoms with Crippen LogP contribution in [0.5, 0.6) is 0 Å². The van der Waals surface area contributed by atoms with Crippen LogP contribution in [0, 0.1) is 5.95 Å². The maximum Gasteiger partial charge on any atom is 0.256 e. The summed E-state index contributed by atoms with van der Waals surface area (Å²) in [5.41, 5.74) is 1.24. The van der Waals surface area contributed by atoms with E-state index in [1.54, 1.807) is 31.3 Å². The maximum atomic E-state index is 13.3. The predicted octanol–water partition coefficient (Wildman–Crippen LogP) is 1.51. The van der Waals surface area contributed by atoms with Crippen LogP contribution in [-0.2, 0) is 6.54 Å². The Bertz CT molecular complexity index is 656. The minimum Gasteiger partial charge on any atom is -0.355 e. The molecule has 0 aliphatic heterocycles. The summed E-state index contributed by atoms with van der Waals surface area (Å²) in [6.07, 6.45) is 1.28. The van der Waals surface area contributed by atoms with Gasteiger partial charge in [0, 0.05) is 25.4 Å². The Morgan fingerprint density at radius 3 is 2.48 bits per heavy atom. The molecule has 0 unspecified atom stereocenters. The van der Waals surface area contributed by atoms with Crippen molar-refractivity contribution in [2.75, 3.05) is 7.05 Å². The third-order valence-electron chi connectivity index (χ3n) is 2.90. The number of hydrogen-bond donors (Lipinski definition) is 2. The molecule has 1 heterocycles. The second kappa shape index (κ2) is 6.60. The molecule has 0 bridgehead atoms. The largest absolute Gasteiger partial charge is 0.355 e. The highest BCUT2D eigenvalue weighted by atomic mass is 19.1. The summed E-state index contributed by atoms with van der Waals surface area (Å²) in [6.45, 7) is 0.237. The first-order valence-corrected chi connectivity index (χ1v) is 6.31. The molecule has 0 aliphatic rings. The third-order valence-corrected chi connectivity index (χ3v) is 2.90. The van der Waals surface area contributed by atoms with Crippen LogP contribution in [-0.4, -0.2) is 23.8 Å². The van der Waals surface area contributed by atoms with E-state index in [2.05, 4.69) is 15.6 Å². The van der Waals surface area contributed by atoms with Crippen LogP contribution in [0.2, 0.25) is 0 Å². The van der Waals surface area contributed by atoms with Crippen molar-refractivity contribution in [2.45, 2.75) is 6.54 Å². The van der Waals surface area contributed by atoms with Crippen molar-refractivity contribution < 1.29 is 14.0 Å². The normalized spacial score (nSPS) is 10.0. The fourth-order valence-electron chi connectivity index (χ4n) is 1.75. The summed E-state index contributed by atoms with van der Waals surface area (Å²) in [6, 6.07) is 9.63. The molecule has 0 fully saturated rings. The SMILES string of the molecule is CNC(=O)c1ccc(CNC(=O)c2cccnc2F)cc1. The number of benzene rings is 1. The minimum absolute atomic E-state index is 0.0977. The first kappa shape index (κ1) is 14.6. The summed E-state index contributed by atoms with van der Waals surface area (Å²) < 4.78 is 13.3. The average molecular weight is 287 g/mol. The fraction of sp³-hybridized carbons (Fsp3) is 0.133. The first-order chi connectivity index (χ1) is 10.1. The molecule has 0 spiro atoms. The van der Waals surface area contributed by atoms with E-state index in [4.69, 9.17) is 0 Å². The van der Waals surface area contributed by atoms with Crippen molar-refractivity contribution >= 4 is 11.8 Å². The van der Waals surface area contributed by atoms with E-state index in [-0.39, 0.29) is 18.0 Å². The van der Waals surface area contributed by atoms with E-state index in [1.165, 1.54) is 18.3 Å². The van der Waals surface area contributed by atoms with Crippen molar-refractivity contribution in [1.82, 2.24) is 15.6 Å². The summed E-state index contributed by atoms with van der Waals surface area (Å²) in [5.74, 6) is -1.51. The molecule has 21 heavy (non-hydrogen) atoms. The molecule has 0 radical (unpaired) electrons. The second-order valence-electron chi connectivity index (χ2n) is 4.30. The first-order valence-electron chi connectivity index (χ1n) is 6.31. The molecular formula is C15H14FN3O2. The van der Waals surface area contributed by atoms with Crippen LogP contribution in [0.1, 0.15) is 26.3 Å². The zero-order valence-electron chi connectivity index (χ0n) is 11.4. The summed E-state index contributed by atoms with van der Waals surface area (Å²) in [4.78, 5) is 26.6. The highest BCUT2D eigenvalue weighted by Gasteiger charge is 2.11. The Morgan fingerprint density at radius 1 is 1.14 bits per heavy atom. The summed E-state index contributed by atoms with van der Waals surface area (Å²) in [5, 5.41) is 5.12. The molecule has 2 rings (SSSR count). The van der Waals surface area contributed by atoms with E-state index < -0.39 is 11.9 Å². The highest BCUT2D eigenvalue weighted by Crippen LogP contribution is 2.06.